The summed E-state index contributed by atoms with van der Waals surface area (Å²) in [5.74, 6) is -0.140. The highest BCUT2D eigenvalue weighted by Gasteiger charge is 1.98. The third kappa shape index (κ3) is 5.52. The van der Waals surface area contributed by atoms with Crippen LogP contribution < -0.4 is 11.1 Å². The molecule has 70 valence electrons. The quantitative estimate of drug-likeness (QED) is 0.342. The summed E-state index contributed by atoms with van der Waals surface area (Å²) in [7, 11) is 1.31. The minimum Gasteiger partial charge on any atom is -0.468 e. The van der Waals surface area contributed by atoms with Crippen molar-refractivity contribution in [1.82, 2.24) is 5.32 Å². The number of esters is 1. The Hall–Kier alpha value is -1.26. The number of ether oxygens (including phenoxy) is 1. The summed E-state index contributed by atoms with van der Waals surface area (Å²) in [6.07, 6.45) is 0. The van der Waals surface area contributed by atoms with Gasteiger partial charge < -0.3 is 15.8 Å². The highest BCUT2D eigenvalue weighted by atomic mass is 16.5. The molecule has 0 radical (unpaired) electrons. The molecule has 0 aliphatic heterocycles. The summed E-state index contributed by atoms with van der Waals surface area (Å²) in [6, 6.07) is 0.214. The third-order valence-corrected chi connectivity index (χ3v) is 1.04. The Morgan fingerprint density at radius 2 is 2.25 bits per heavy atom. The largest absolute Gasteiger partial charge is 0.468 e. The van der Waals surface area contributed by atoms with E-state index in [1.165, 1.54) is 7.11 Å². The molecule has 0 rings (SSSR count). The van der Waals surface area contributed by atoms with E-state index < -0.39 is 5.97 Å². The van der Waals surface area contributed by atoms with Gasteiger partial charge in [0, 0.05) is 6.04 Å². The van der Waals surface area contributed by atoms with Crippen LogP contribution in [-0.2, 0) is 9.53 Å². The molecule has 3 N–H and O–H groups in total. The predicted molar refractivity (Wildman–Crippen MR) is 46.8 cm³/mol. The number of hydrogen-bond donors (Lipinski definition) is 2. The summed E-state index contributed by atoms with van der Waals surface area (Å²) < 4.78 is 4.38. The Labute approximate surface area is 72.0 Å². The first kappa shape index (κ1) is 10.7. The number of carbonyl (C=O) groups is 1. The van der Waals surface area contributed by atoms with Gasteiger partial charge in [0.2, 0.25) is 0 Å². The zero-order valence-electron chi connectivity index (χ0n) is 7.63. The molecule has 0 bridgehead atoms. The van der Waals surface area contributed by atoms with Crippen molar-refractivity contribution < 1.29 is 9.53 Å². The molecule has 0 unspecified atom stereocenters. The molecular weight excluding hydrogens is 158 g/mol. The number of nitrogens with two attached hydrogens (primary N) is 1. The van der Waals surface area contributed by atoms with Gasteiger partial charge in [-0.2, -0.15) is 0 Å². The van der Waals surface area contributed by atoms with Gasteiger partial charge in [0.25, 0.3) is 0 Å². The molecule has 12 heavy (non-hydrogen) atoms. The van der Waals surface area contributed by atoms with E-state index in [2.05, 4.69) is 15.0 Å². The fourth-order valence-corrected chi connectivity index (χ4v) is 0.556. The summed E-state index contributed by atoms with van der Waals surface area (Å²) in [5, 5.41) is 2.84. The molecule has 0 aromatic carbocycles. The van der Waals surface area contributed by atoms with Gasteiger partial charge in [0.1, 0.15) is 6.54 Å². The van der Waals surface area contributed by atoms with Crippen molar-refractivity contribution in [2.24, 2.45) is 10.7 Å². The maximum absolute atomic E-state index is 10.6. The van der Waals surface area contributed by atoms with Gasteiger partial charge in [0.15, 0.2) is 5.96 Å². The van der Waals surface area contributed by atoms with Crippen LogP contribution in [0.5, 0.6) is 0 Å². The molecule has 0 atom stereocenters. The lowest BCUT2D eigenvalue weighted by Gasteiger charge is -2.07. The van der Waals surface area contributed by atoms with E-state index >= 15 is 0 Å². The summed E-state index contributed by atoms with van der Waals surface area (Å²) in [5.41, 5.74) is 5.41. The van der Waals surface area contributed by atoms with Gasteiger partial charge in [-0.15, -0.1) is 0 Å². The fourth-order valence-electron chi connectivity index (χ4n) is 0.556. The van der Waals surface area contributed by atoms with E-state index in [-0.39, 0.29) is 18.5 Å². The Morgan fingerprint density at radius 1 is 1.67 bits per heavy atom. The zero-order chi connectivity index (χ0) is 9.56. The van der Waals surface area contributed by atoms with Crippen molar-refractivity contribution >= 4 is 11.9 Å². The van der Waals surface area contributed by atoms with Gasteiger partial charge in [0.05, 0.1) is 7.11 Å². The number of rotatable bonds is 3. The number of methoxy groups -OCH3 is 1. The van der Waals surface area contributed by atoms with E-state index in [1.54, 1.807) is 0 Å². The van der Waals surface area contributed by atoms with E-state index in [9.17, 15) is 4.79 Å². The van der Waals surface area contributed by atoms with E-state index in [0.29, 0.717) is 0 Å². The predicted octanol–water partition coefficient (Wildman–Crippen LogP) is -0.528. The average Bonchev–Trinajstić information content (AvgIpc) is 1.99. The zero-order valence-corrected chi connectivity index (χ0v) is 7.63. The fraction of sp³-hybridized carbons (Fsp3) is 0.714. The van der Waals surface area contributed by atoms with Crippen LogP contribution in [0.3, 0.4) is 0 Å². The molecule has 0 spiro atoms. The molecule has 0 amide bonds. The smallest absolute Gasteiger partial charge is 0.327 e. The molecule has 0 aromatic heterocycles. The molecule has 0 aromatic rings. The molecule has 0 heterocycles. The van der Waals surface area contributed by atoms with Gasteiger partial charge >= 0.3 is 5.97 Å². The first-order valence-electron chi connectivity index (χ1n) is 3.69. The van der Waals surface area contributed by atoms with Crippen molar-refractivity contribution in [3.8, 4) is 0 Å². The Bertz CT molecular complexity index is 177. The Kier molecular flexibility index (Phi) is 4.83. The van der Waals surface area contributed by atoms with Crippen molar-refractivity contribution in [1.29, 1.82) is 0 Å². The minimum atomic E-state index is -0.400. The van der Waals surface area contributed by atoms with Crippen LogP contribution in [0.2, 0.25) is 0 Å². The molecule has 0 saturated carbocycles. The van der Waals surface area contributed by atoms with Crippen molar-refractivity contribution in [3.63, 3.8) is 0 Å². The molecule has 0 saturated heterocycles. The summed E-state index contributed by atoms with van der Waals surface area (Å²) >= 11 is 0. The molecule has 5 heteroatoms. The Morgan fingerprint density at radius 3 is 2.67 bits per heavy atom. The first-order chi connectivity index (χ1) is 5.56. The second kappa shape index (κ2) is 5.40. The summed E-state index contributed by atoms with van der Waals surface area (Å²) in [6.45, 7) is 3.82. The SMILES string of the molecule is COC(=O)CN=C(N)NC(C)C. The van der Waals surface area contributed by atoms with Gasteiger partial charge in [-0.1, -0.05) is 0 Å². The lowest BCUT2D eigenvalue weighted by molar-refractivity contribution is -0.138. The maximum atomic E-state index is 10.6. The highest BCUT2D eigenvalue weighted by molar-refractivity contribution is 5.81. The van der Waals surface area contributed by atoms with Crippen molar-refractivity contribution in [2.45, 2.75) is 19.9 Å². The number of nitrogens with zero attached hydrogens (tertiary/aromatic N) is 1. The first-order valence-corrected chi connectivity index (χ1v) is 3.69. The molecular formula is C7H15N3O2. The van der Waals surface area contributed by atoms with Gasteiger partial charge in [-0.3, -0.25) is 4.79 Å². The van der Waals surface area contributed by atoms with Crippen LogP contribution in [0.15, 0.2) is 4.99 Å². The van der Waals surface area contributed by atoms with E-state index in [0.717, 1.165) is 0 Å². The normalized spacial score (nSPS) is 11.5. The van der Waals surface area contributed by atoms with Crippen LogP contribution in [0.25, 0.3) is 0 Å². The molecule has 5 nitrogen and oxygen atoms in total. The third-order valence-electron chi connectivity index (χ3n) is 1.04. The number of carbonyl (C=O) groups excluding carboxylic acids is 1. The average molecular weight is 173 g/mol. The van der Waals surface area contributed by atoms with Crippen molar-refractivity contribution in [2.75, 3.05) is 13.7 Å². The Balaban J connectivity index is 3.76. The molecule has 0 fully saturated rings. The highest BCUT2D eigenvalue weighted by Crippen LogP contribution is 1.78. The number of guanidine groups is 1. The standard InChI is InChI=1S/C7H15N3O2/c1-5(2)10-7(8)9-4-6(11)12-3/h5H,4H2,1-3H3,(H3,8,9,10). The van der Waals surface area contributed by atoms with Crippen LogP contribution >= 0.6 is 0 Å². The molecule has 0 aliphatic carbocycles. The topological polar surface area (TPSA) is 76.7 Å². The number of aliphatic imine (C=N–C) groups is 1. The minimum absolute atomic E-state index is 0.0396. The maximum Gasteiger partial charge on any atom is 0.327 e. The number of hydrogen-bond acceptors (Lipinski definition) is 3. The van der Waals surface area contributed by atoms with Crippen LogP contribution in [-0.4, -0.2) is 31.6 Å². The second-order valence-electron chi connectivity index (χ2n) is 2.58. The molecule has 0 aliphatic rings. The van der Waals surface area contributed by atoms with Crippen molar-refractivity contribution in [3.05, 3.63) is 0 Å². The number of nitrogens with one attached hydrogen (secondary N) is 1. The van der Waals surface area contributed by atoms with Crippen LogP contribution in [0.4, 0.5) is 0 Å². The lowest BCUT2D eigenvalue weighted by Crippen LogP contribution is -2.37. The lowest BCUT2D eigenvalue weighted by atomic mass is 10.4. The monoisotopic (exact) mass is 173 g/mol. The van der Waals surface area contributed by atoms with E-state index in [4.69, 9.17) is 5.73 Å². The van der Waals surface area contributed by atoms with Gasteiger partial charge in [-0.05, 0) is 13.8 Å². The second-order valence-corrected chi connectivity index (χ2v) is 2.58. The summed E-state index contributed by atoms with van der Waals surface area (Å²) in [4.78, 5) is 14.3. The van der Waals surface area contributed by atoms with Gasteiger partial charge in [-0.25, -0.2) is 4.99 Å². The van der Waals surface area contributed by atoms with Crippen LogP contribution in [0, 0.1) is 0 Å². The van der Waals surface area contributed by atoms with E-state index in [1.807, 2.05) is 13.8 Å². The van der Waals surface area contributed by atoms with Crippen LogP contribution in [0.1, 0.15) is 13.8 Å².